The van der Waals surface area contributed by atoms with E-state index >= 15 is 0 Å². The van der Waals surface area contributed by atoms with Crippen LogP contribution in [0, 0.1) is 0 Å². The quantitative estimate of drug-likeness (QED) is 0.653. The fourth-order valence-electron chi connectivity index (χ4n) is 3.87. The summed E-state index contributed by atoms with van der Waals surface area (Å²) >= 11 is 5.57. The molecule has 3 aliphatic heterocycles. The second-order valence-corrected chi connectivity index (χ2v) is 12.5. The summed E-state index contributed by atoms with van der Waals surface area (Å²) in [5.41, 5.74) is -0.595. The third-order valence-corrected chi connectivity index (χ3v) is 9.24. The van der Waals surface area contributed by atoms with Crippen LogP contribution < -0.4 is 5.32 Å². The van der Waals surface area contributed by atoms with Crippen molar-refractivity contribution in [3.63, 3.8) is 0 Å². The summed E-state index contributed by atoms with van der Waals surface area (Å²) in [5.74, 6) is 0.476. The third-order valence-electron chi connectivity index (χ3n) is 5.25. The molecule has 0 aromatic rings. The van der Waals surface area contributed by atoms with E-state index in [9.17, 15) is 16.8 Å². The van der Waals surface area contributed by atoms with Crippen LogP contribution in [-0.4, -0.2) is 80.7 Å². The van der Waals surface area contributed by atoms with Gasteiger partial charge in [0, 0.05) is 19.2 Å². The molecule has 3 aliphatic rings. The van der Waals surface area contributed by atoms with Gasteiger partial charge < -0.3 is 15.0 Å². The van der Waals surface area contributed by atoms with Crippen LogP contribution in [0.5, 0.6) is 0 Å². The van der Waals surface area contributed by atoms with Gasteiger partial charge in [0.15, 0.2) is 24.8 Å². The van der Waals surface area contributed by atoms with Gasteiger partial charge in [-0.05, 0) is 44.8 Å². The lowest BCUT2D eigenvalue weighted by Crippen LogP contribution is -2.56. The van der Waals surface area contributed by atoms with E-state index in [1.165, 1.54) is 0 Å². The van der Waals surface area contributed by atoms with Gasteiger partial charge in [-0.1, -0.05) is 0 Å². The van der Waals surface area contributed by atoms with Crippen LogP contribution in [0.4, 0.5) is 0 Å². The van der Waals surface area contributed by atoms with Gasteiger partial charge in [0.05, 0.1) is 34.7 Å². The summed E-state index contributed by atoms with van der Waals surface area (Å²) in [6.07, 6.45) is 3.03. The first-order chi connectivity index (χ1) is 11.6. The molecule has 0 aromatic carbocycles. The molecule has 0 spiro atoms. The molecular formula is C15H26N2O5S3. The highest BCUT2D eigenvalue weighted by molar-refractivity contribution is 7.92. The van der Waals surface area contributed by atoms with Crippen molar-refractivity contribution in [1.29, 1.82) is 0 Å². The summed E-state index contributed by atoms with van der Waals surface area (Å²) < 4.78 is 53.1. The van der Waals surface area contributed by atoms with E-state index < -0.39 is 25.2 Å². The van der Waals surface area contributed by atoms with Crippen molar-refractivity contribution in [2.45, 2.75) is 50.3 Å². The molecule has 7 nitrogen and oxygen atoms in total. The van der Waals surface area contributed by atoms with E-state index in [2.05, 4.69) is 5.32 Å². The van der Waals surface area contributed by atoms with Gasteiger partial charge in [-0.25, -0.2) is 16.8 Å². The van der Waals surface area contributed by atoms with Gasteiger partial charge in [-0.2, -0.15) is 0 Å². The minimum Gasteiger partial charge on any atom is -0.376 e. The minimum absolute atomic E-state index is 0.0446. The Balaban J connectivity index is 1.72. The number of nitrogens with one attached hydrogen (secondary N) is 1. The molecule has 0 aliphatic carbocycles. The van der Waals surface area contributed by atoms with Crippen molar-refractivity contribution in [2.24, 2.45) is 0 Å². The molecule has 3 saturated heterocycles. The van der Waals surface area contributed by atoms with Crippen LogP contribution >= 0.6 is 12.2 Å². The molecule has 3 heterocycles. The molecule has 25 heavy (non-hydrogen) atoms. The highest BCUT2D eigenvalue weighted by atomic mass is 32.2. The smallest absolute Gasteiger partial charge is 0.169 e. The Morgan fingerprint density at radius 3 is 2.52 bits per heavy atom. The molecule has 3 atom stereocenters. The van der Waals surface area contributed by atoms with Crippen LogP contribution in [0.25, 0.3) is 0 Å². The van der Waals surface area contributed by atoms with Crippen LogP contribution in [0.3, 0.4) is 0 Å². The maximum absolute atomic E-state index is 11.9. The molecule has 1 N–H and O–H groups in total. The van der Waals surface area contributed by atoms with Gasteiger partial charge >= 0.3 is 0 Å². The molecule has 3 fully saturated rings. The fraction of sp³-hybridized carbons (Fsp3) is 0.933. The number of rotatable bonds is 4. The predicted molar refractivity (Wildman–Crippen MR) is 100 cm³/mol. The Kier molecular flexibility index (Phi) is 5.36. The van der Waals surface area contributed by atoms with E-state index in [0.29, 0.717) is 24.5 Å². The molecule has 0 bridgehead atoms. The Labute approximate surface area is 155 Å². The van der Waals surface area contributed by atoms with Crippen LogP contribution in [0.2, 0.25) is 0 Å². The molecule has 0 radical (unpaired) electrons. The minimum atomic E-state index is -3.05. The third kappa shape index (κ3) is 4.84. The monoisotopic (exact) mass is 410 g/mol. The molecule has 0 saturated carbocycles. The van der Waals surface area contributed by atoms with E-state index in [1.807, 2.05) is 11.8 Å². The van der Waals surface area contributed by atoms with E-state index in [4.69, 9.17) is 17.0 Å². The van der Waals surface area contributed by atoms with E-state index in [-0.39, 0.29) is 35.2 Å². The van der Waals surface area contributed by atoms with Crippen molar-refractivity contribution in [1.82, 2.24) is 10.2 Å². The molecule has 10 heteroatoms. The molecular weight excluding hydrogens is 384 g/mol. The summed E-state index contributed by atoms with van der Waals surface area (Å²) in [7, 11) is -6.08. The zero-order valence-electron chi connectivity index (χ0n) is 14.4. The maximum atomic E-state index is 11.9. The summed E-state index contributed by atoms with van der Waals surface area (Å²) in [5, 5.41) is 3.66. The van der Waals surface area contributed by atoms with Crippen molar-refractivity contribution in [2.75, 3.05) is 36.2 Å². The number of nitrogens with zero attached hydrogens (tertiary/aromatic N) is 1. The predicted octanol–water partition coefficient (Wildman–Crippen LogP) is 0.106. The van der Waals surface area contributed by atoms with E-state index in [0.717, 1.165) is 19.4 Å². The van der Waals surface area contributed by atoms with Gasteiger partial charge in [0.1, 0.15) is 0 Å². The lowest BCUT2D eigenvalue weighted by molar-refractivity contribution is 0.0836. The molecule has 3 rings (SSSR count). The maximum Gasteiger partial charge on any atom is 0.169 e. The molecule has 144 valence electrons. The molecule has 0 amide bonds. The topological polar surface area (TPSA) is 92.8 Å². The van der Waals surface area contributed by atoms with Gasteiger partial charge in [-0.3, -0.25) is 0 Å². The second-order valence-electron chi connectivity index (χ2n) is 7.68. The average Bonchev–Trinajstić information content (AvgIpc) is 3.16. The molecule has 0 aromatic heterocycles. The standard InChI is InChI=1S/C15H26N2O5S3/c1-15(5-8-25(20,21)11-15)16-14(23)17(9-13-3-2-6-22-13)12-4-7-24(18,19)10-12/h12-13H,2-11H2,1H3,(H,16,23). The summed E-state index contributed by atoms with van der Waals surface area (Å²) in [4.78, 5) is 1.92. The highest BCUT2D eigenvalue weighted by Gasteiger charge is 2.41. The Hall–Kier alpha value is -0.450. The number of sulfone groups is 2. The Bertz CT molecular complexity index is 730. The van der Waals surface area contributed by atoms with Crippen LogP contribution in [0.15, 0.2) is 0 Å². The van der Waals surface area contributed by atoms with Gasteiger partial charge in [0.2, 0.25) is 0 Å². The van der Waals surface area contributed by atoms with Crippen molar-refractivity contribution in [3.8, 4) is 0 Å². The first kappa shape index (κ1) is 19.3. The van der Waals surface area contributed by atoms with Gasteiger partial charge in [-0.15, -0.1) is 0 Å². The van der Waals surface area contributed by atoms with Crippen LogP contribution in [0.1, 0.15) is 32.6 Å². The first-order valence-electron chi connectivity index (χ1n) is 8.69. The lowest BCUT2D eigenvalue weighted by atomic mass is 10.0. The number of ether oxygens (including phenoxy) is 1. The Morgan fingerprint density at radius 1 is 1.24 bits per heavy atom. The SMILES string of the molecule is CC1(NC(=S)N(CC2CCCO2)C2CCS(=O)(=O)C2)CCS(=O)(=O)C1. The number of hydrogen-bond acceptors (Lipinski definition) is 6. The fourth-order valence-corrected chi connectivity index (χ4v) is 8.16. The zero-order valence-corrected chi connectivity index (χ0v) is 16.9. The van der Waals surface area contributed by atoms with Crippen molar-refractivity contribution >= 4 is 37.0 Å². The first-order valence-corrected chi connectivity index (χ1v) is 12.7. The summed E-state index contributed by atoms with van der Waals surface area (Å²) in [6, 6.07) is -0.171. The molecule has 3 unspecified atom stereocenters. The van der Waals surface area contributed by atoms with Crippen molar-refractivity contribution < 1.29 is 21.6 Å². The normalized spacial score (nSPS) is 36.4. The second kappa shape index (κ2) is 6.94. The highest BCUT2D eigenvalue weighted by Crippen LogP contribution is 2.26. The van der Waals surface area contributed by atoms with Gasteiger partial charge in [0.25, 0.3) is 0 Å². The largest absolute Gasteiger partial charge is 0.376 e. The zero-order chi connectivity index (χ0) is 18.3. The Morgan fingerprint density at radius 2 is 2.00 bits per heavy atom. The average molecular weight is 411 g/mol. The van der Waals surface area contributed by atoms with E-state index in [1.54, 1.807) is 0 Å². The number of hydrogen-bond donors (Lipinski definition) is 1. The summed E-state index contributed by atoms with van der Waals surface area (Å²) in [6.45, 7) is 3.13. The van der Waals surface area contributed by atoms with Crippen molar-refractivity contribution in [3.05, 3.63) is 0 Å². The number of thiocarbonyl (C=S) groups is 1. The lowest BCUT2D eigenvalue weighted by Gasteiger charge is -2.36. The van der Waals surface area contributed by atoms with Crippen LogP contribution in [-0.2, 0) is 24.4 Å².